The van der Waals surface area contributed by atoms with Gasteiger partial charge < -0.3 is 15.0 Å². The number of nitrogens with one attached hydrogen (secondary N) is 1. The predicted octanol–water partition coefficient (Wildman–Crippen LogP) is 2.06. The van der Waals surface area contributed by atoms with Crippen LogP contribution >= 0.6 is 0 Å². The number of hydrogen-bond donors (Lipinski definition) is 1. The van der Waals surface area contributed by atoms with E-state index < -0.39 is 5.97 Å². The van der Waals surface area contributed by atoms with Gasteiger partial charge in [0.25, 0.3) is 0 Å². The van der Waals surface area contributed by atoms with Crippen molar-refractivity contribution in [2.24, 2.45) is 5.92 Å². The Kier molecular flexibility index (Phi) is 5.58. The number of carbonyl (C=O) groups excluding carboxylic acids is 2. The van der Waals surface area contributed by atoms with Crippen molar-refractivity contribution in [2.75, 3.05) is 31.6 Å². The number of anilines is 1. The number of hydrogen-bond acceptors (Lipinski definition) is 6. The topological polar surface area (TPSA) is 84.4 Å². The largest absolute Gasteiger partial charge is 0.468 e. The Morgan fingerprint density at radius 1 is 1.15 bits per heavy atom. The lowest BCUT2D eigenvalue weighted by Gasteiger charge is -2.31. The summed E-state index contributed by atoms with van der Waals surface area (Å²) >= 11 is 0. The number of fused-ring (bicyclic) bond motifs is 1. The van der Waals surface area contributed by atoms with E-state index >= 15 is 0 Å². The molecule has 2 heterocycles. The van der Waals surface area contributed by atoms with Gasteiger partial charge in [-0.3, -0.25) is 9.59 Å². The van der Waals surface area contributed by atoms with Crippen LogP contribution in [0.25, 0.3) is 10.9 Å². The van der Waals surface area contributed by atoms with Gasteiger partial charge in [-0.2, -0.15) is 0 Å². The lowest BCUT2D eigenvalue weighted by molar-refractivity contribution is -0.141. The van der Waals surface area contributed by atoms with Crippen molar-refractivity contribution < 1.29 is 14.3 Å². The van der Waals surface area contributed by atoms with Gasteiger partial charge in [0, 0.05) is 24.4 Å². The van der Waals surface area contributed by atoms with Gasteiger partial charge in [-0.15, -0.1) is 0 Å². The van der Waals surface area contributed by atoms with E-state index in [4.69, 9.17) is 4.98 Å². The van der Waals surface area contributed by atoms with Gasteiger partial charge >= 0.3 is 5.97 Å². The molecule has 1 aliphatic rings. The normalized spacial score (nSPS) is 15.0. The zero-order valence-corrected chi connectivity index (χ0v) is 16.3. The van der Waals surface area contributed by atoms with E-state index in [1.54, 1.807) is 0 Å². The first-order valence-corrected chi connectivity index (χ1v) is 9.24. The maximum atomic E-state index is 12.2. The van der Waals surface area contributed by atoms with Crippen LogP contribution in [0.3, 0.4) is 0 Å². The fraction of sp³-hybridized carbons (Fsp3) is 0.500. The maximum Gasteiger partial charge on any atom is 0.325 e. The number of ether oxygens (including phenoxy) is 1. The molecule has 0 radical (unpaired) electrons. The molecular formula is C20H26N4O3. The summed E-state index contributed by atoms with van der Waals surface area (Å²) in [5, 5.41) is 3.72. The van der Waals surface area contributed by atoms with Crippen molar-refractivity contribution in [3.63, 3.8) is 0 Å². The van der Waals surface area contributed by atoms with Gasteiger partial charge in [-0.25, -0.2) is 9.97 Å². The Hall–Kier alpha value is -2.70. The second-order valence-electron chi connectivity index (χ2n) is 7.12. The molecule has 1 amide bonds. The van der Waals surface area contributed by atoms with Crippen molar-refractivity contribution in [2.45, 2.75) is 33.6 Å². The molecule has 1 aliphatic heterocycles. The Morgan fingerprint density at radius 2 is 1.81 bits per heavy atom. The molecular weight excluding hydrogens is 344 g/mol. The van der Waals surface area contributed by atoms with Crippen molar-refractivity contribution in [1.82, 2.24) is 15.3 Å². The van der Waals surface area contributed by atoms with Crippen LogP contribution in [0.4, 0.5) is 5.95 Å². The Balaban J connectivity index is 1.68. The van der Waals surface area contributed by atoms with Crippen LogP contribution in [0, 0.1) is 26.7 Å². The average Bonchev–Trinajstić information content (AvgIpc) is 2.67. The molecule has 0 saturated carbocycles. The minimum atomic E-state index is -0.439. The third kappa shape index (κ3) is 4.18. The van der Waals surface area contributed by atoms with Crippen LogP contribution in [-0.4, -0.2) is 48.6 Å². The van der Waals surface area contributed by atoms with Crippen LogP contribution in [0.2, 0.25) is 0 Å². The molecule has 0 aliphatic carbocycles. The number of methoxy groups -OCH3 is 1. The third-order valence-corrected chi connectivity index (χ3v) is 5.27. The molecule has 2 aromatic rings. The van der Waals surface area contributed by atoms with Gasteiger partial charge in [-0.1, -0.05) is 0 Å². The van der Waals surface area contributed by atoms with E-state index in [1.165, 1.54) is 18.2 Å². The second-order valence-corrected chi connectivity index (χ2v) is 7.12. The zero-order chi connectivity index (χ0) is 19.6. The summed E-state index contributed by atoms with van der Waals surface area (Å²) < 4.78 is 4.55. The molecule has 0 unspecified atom stereocenters. The van der Waals surface area contributed by atoms with Gasteiger partial charge in [0.05, 0.1) is 18.3 Å². The first kappa shape index (κ1) is 19.1. The maximum absolute atomic E-state index is 12.2. The molecule has 144 valence electrons. The molecule has 1 aromatic heterocycles. The fourth-order valence-corrected chi connectivity index (χ4v) is 3.39. The molecule has 27 heavy (non-hydrogen) atoms. The average molecular weight is 370 g/mol. The first-order chi connectivity index (χ1) is 12.9. The van der Waals surface area contributed by atoms with Crippen molar-refractivity contribution in [1.29, 1.82) is 0 Å². The van der Waals surface area contributed by atoms with Crippen LogP contribution in [0.1, 0.15) is 29.7 Å². The molecule has 7 heteroatoms. The lowest BCUT2D eigenvalue weighted by Crippen LogP contribution is -2.42. The molecule has 0 spiro atoms. The highest BCUT2D eigenvalue weighted by Gasteiger charge is 2.26. The zero-order valence-electron chi connectivity index (χ0n) is 16.3. The van der Waals surface area contributed by atoms with E-state index in [9.17, 15) is 9.59 Å². The third-order valence-electron chi connectivity index (χ3n) is 5.27. The van der Waals surface area contributed by atoms with Crippen LogP contribution in [0.15, 0.2) is 12.1 Å². The molecule has 0 atom stereocenters. The standard InChI is InChI=1S/C20H26N4O3/c1-12-9-16-14(3)22-20(23-17(16)10-13(12)2)24-7-5-15(6-8-24)19(26)21-11-18(25)27-4/h9-10,15H,5-8,11H2,1-4H3,(H,21,26). The summed E-state index contributed by atoms with van der Waals surface area (Å²) in [6.45, 7) is 7.54. The predicted molar refractivity (Wildman–Crippen MR) is 104 cm³/mol. The molecule has 1 fully saturated rings. The Morgan fingerprint density at radius 3 is 2.48 bits per heavy atom. The molecule has 7 nitrogen and oxygen atoms in total. The molecule has 1 N–H and O–H groups in total. The van der Waals surface area contributed by atoms with Crippen molar-refractivity contribution >= 4 is 28.7 Å². The lowest BCUT2D eigenvalue weighted by atomic mass is 9.96. The minimum Gasteiger partial charge on any atom is -0.468 e. The molecule has 1 aromatic carbocycles. The number of nitrogens with zero attached hydrogens (tertiary/aromatic N) is 3. The van der Waals surface area contributed by atoms with E-state index in [0.29, 0.717) is 25.9 Å². The van der Waals surface area contributed by atoms with Gasteiger partial charge in [0.1, 0.15) is 6.54 Å². The van der Waals surface area contributed by atoms with E-state index in [1.807, 2.05) is 6.92 Å². The molecule has 3 rings (SSSR count). The monoisotopic (exact) mass is 370 g/mol. The van der Waals surface area contributed by atoms with Gasteiger partial charge in [0.15, 0.2) is 0 Å². The number of esters is 1. The Labute approximate surface area is 159 Å². The number of piperidine rings is 1. The highest BCUT2D eigenvalue weighted by Crippen LogP contribution is 2.25. The number of carbonyl (C=O) groups is 2. The van der Waals surface area contributed by atoms with Gasteiger partial charge in [0.2, 0.25) is 11.9 Å². The number of benzene rings is 1. The van der Waals surface area contributed by atoms with Gasteiger partial charge in [-0.05, 0) is 56.9 Å². The number of aryl methyl sites for hydroxylation is 3. The summed E-state index contributed by atoms with van der Waals surface area (Å²) in [5.74, 6) is 0.0853. The first-order valence-electron chi connectivity index (χ1n) is 9.24. The van der Waals surface area contributed by atoms with E-state index in [2.05, 4.69) is 45.9 Å². The SMILES string of the molecule is COC(=O)CNC(=O)C1CCN(c2nc(C)c3cc(C)c(C)cc3n2)CC1. The van der Waals surface area contributed by atoms with Crippen LogP contribution in [0.5, 0.6) is 0 Å². The Bertz CT molecular complexity index is 873. The second kappa shape index (κ2) is 7.90. The minimum absolute atomic E-state index is 0.0820. The summed E-state index contributed by atoms with van der Waals surface area (Å²) in [6.07, 6.45) is 1.42. The smallest absolute Gasteiger partial charge is 0.325 e. The summed E-state index contributed by atoms with van der Waals surface area (Å²) in [5.41, 5.74) is 4.38. The van der Waals surface area contributed by atoms with Crippen LogP contribution in [-0.2, 0) is 14.3 Å². The quantitative estimate of drug-likeness (QED) is 0.830. The molecule has 0 bridgehead atoms. The molecule has 1 saturated heterocycles. The number of rotatable bonds is 4. The number of aromatic nitrogens is 2. The summed E-state index contributed by atoms with van der Waals surface area (Å²) in [4.78, 5) is 34.9. The van der Waals surface area contributed by atoms with E-state index in [-0.39, 0.29) is 18.4 Å². The van der Waals surface area contributed by atoms with Crippen molar-refractivity contribution in [3.05, 3.63) is 29.0 Å². The van der Waals surface area contributed by atoms with Crippen LogP contribution < -0.4 is 10.2 Å². The van der Waals surface area contributed by atoms with E-state index in [0.717, 1.165) is 22.5 Å². The highest BCUT2D eigenvalue weighted by molar-refractivity contribution is 5.84. The fourth-order valence-electron chi connectivity index (χ4n) is 3.39. The highest BCUT2D eigenvalue weighted by atomic mass is 16.5. The summed E-state index contributed by atoms with van der Waals surface area (Å²) in [6, 6.07) is 4.25. The van der Waals surface area contributed by atoms with Crippen molar-refractivity contribution in [3.8, 4) is 0 Å². The summed E-state index contributed by atoms with van der Waals surface area (Å²) in [7, 11) is 1.31. The number of amides is 1.